The van der Waals surface area contributed by atoms with Crippen LogP contribution in [-0.4, -0.2) is 96.7 Å². The molecular formula is C85H166O17P2. The molecule has 17 nitrogen and oxygen atoms in total. The number of aliphatic hydroxyl groups is 1. The molecule has 0 heterocycles. The maximum absolute atomic E-state index is 13.1. The predicted molar refractivity (Wildman–Crippen MR) is 428 cm³/mol. The molecule has 0 bridgehead atoms. The Morgan fingerprint density at radius 1 is 0.279 bits per heavy atom. The van der Waals surface area contributed by atoms with E-state index in [0.717, 1.165) is 108 Å². The fraction of sp³-hybridized carbons (Fsp3) is 0.953. The van der Waals surface area contributed by atoms with Crippen molar-refractivity contribution < 1.29 is 80.2 Å². The van der Waals surface area contributed by atoms with Crippen LogP contribution < -0.4 is 0 Å². The van der Waals surface area contributed by atoms with Crippen molar-refractivity contribution >= 4 is 39.5 Å². The number of aliphatic hydroxyl groups excluding tert-OH is 1. The van der Waals surface area contributed by atoms with Crippen LogP contribution in [0.15, 0.2) is 0 Å². The molecule has 0 aliphatic carbocycles. The molecule has 0 aromatic heterocycles. The highest BCUT2D eigenvalue weighted by atomic mass is 31.2. The summed E-state index contributed by atoms with van der Waals surface area (Å²) in [6.45, 7) is 11.9. The fourth-order valence-electron chi connectivity index (χ4n) is 13.2. The first-order valence-electron chi connectivity index (χ1n) is 43.9. The Bertz CT molecular complexity index is 2010. The lowest BCUT2D eigenvalue weighted by Gasteiger charge is -2.21. The summed E-state index contributed by atoms with van der Waals surface area (Å²) < 4.78 is 68.8. The van der Waals surface area contributed by atoms with E-state index in [9.17, 15) is 43.2 Å². The van der Waals surface area contributed by atoms with E-state index >= 15 is 0 Å². The first kappa shape index (κ1) is 102. The molecular weight excluding hydrogens is 1350 g/mol. The number of unbranched alkanes of at least 4 members (excludes halogenated alkanes) is 50. The van der Waals surface area contributed by atoms with Crippen LogP contribution >= 0.6 is 15.6 Å². The van der Waals surface area contributed by atoms with E-state index in [1.165, 1.54) is 250 Å². The fourth-order valence-corrected chi connectivity index (χ4v) is 14.7. The zero-order chi connectivity index (χ0) is 76.5. The van der Waals surface area contributed by atoms with E-state index in [-0.39, 0.29) is 25.7 Å². The lowest BCUT2D eigenvalue weighted by atomic mass is 9.99. The second kappa shape index (κ2) is 75.1. The molecule has 0 aliphatic heterocycles. The summed E-state index contributed by atoms with van der Waals surface area (Å²) in [6.07, 6.45) is 65.6. The first-order valence-corrected chi connectivity index (χ1v) is 46.9. The predicted octanol–water partition coefficient (Wildman–Crippen LogP) is 25.7. The third-order valence-corrected chi connectivity index (χ3v) is 22.1. The second-order valence-corrected chi connectivity index (χ2v) is 34.7. The molecule has 6 atom stereocenters. The minimum Gasteiger partial charge on any atom is -0.462 e. The van der Waals surface area contributed by atoms with Gasteiger partial charge in [-0.05, 0) is 43.4 Å². The Morgan fingerprint density at radius 3 is 0.731 bits per heavy atom. The quantitative estimate of drug-likeness (QED) is 0.0222. The number of phosphoric acid groups is 2. The lowest BCUT2D eigenvalue weighted by molar-refractivity contribution is -0.161. The first-order chi connectivity index (χ1) is 50.3. The third-order valence-electron chi connectivity index (χ3n) is 20.2. The normalized spacial score (nSPS) is 14.2. The summed E-state index contributed by atoms with van der Waals surface area (Å²) in [5.41, 5.74) is 0. The number of carbonyl (C=O) groups is 4. The highest BCUT2D eigenvalue weighted by Crippen LogP contribution is 2.45. The van der Waals surface area contributed by atoms with Gasteiger partial charge >= 0.3 is 39.5 Å². The smallest absolute Gasteiger partial charge is 0.462 e. The van der Waals surface area contributed by atoms with Crippen molar-refractivity contribution in [1.82, 2.24) is 0 Å². The number of esters is 4. The van der Waals surface area contributed by atoms with Crippen molar-refractivity contribution in [3.63, 3.8) is 0 Å². The van der Waals surface area contributed by atoms with Gasteiger partial charge in [0, 0.05) is 25.7 Å². The molecule has 618 valence electrons. The summed E-state index contributed by atoms with van der Waals surface area (Å²) in [7, 11) is -9.92. The van der Waals surface area contributed by atoms with Crippen LogP contribution in [0.3, 0.4) is 0 Å². The Kier molecular flexibility index (Phi) is 73.7. The van der Waals surface area contributed by atoms with Gasteiger partial charge in [0.1, 0.15) is 19.3 Å². The summed E-state index contributed by atoms with van der Waals surface area (Å²) in [6, 6.07) is 0. The molecule has 3 N–H and O–H groups in total. The number of rotatable bonds is 83. The van der Waals surface area contributed by atoms with Crippen LogP contribution in [0.25, 0.3) is 0 Å². The molecule has 0 saturated heterocycles. The van der Waals surface area contributed by atoms with Crippen LogP contribution in [0.2, 0.25) is 0 Å². The largest absolute Gasteiger partial charge is 0.472 e. The Labute approximate surface area is 638 Å². The van der Waals surface area contributed by atoms with Crippen LogP contribution in [-0.2, 0) is 65.4 Å². The van der Waals surface area contributed by atoms with Gasteiger partial charge < -0.3 is 33.8 Å². The lowest BCUT2D eigenvalue weighted by Crippen LogP contribution is -2.30. The molecule has 0 aromatic rings. The van der Waals surface area contributed by atoms with Gasteiger partial charge in [-0.15, -0.1) is 0 Å². The number of ether oxygens (including phenoxy) is 4. The summed E-state index contributed by atoms with van der Waals surface area (Å²) in [4.78, 5) is 73.1. The van der Waals surface area contributed by atoms with E-state index in [2.05, 4.69) is 48.5 Å². The van der Waals surface area contributed by atoms with Crippen molar-refractivity contribution in [2.45, 2.75) is 465 Å². The summed E-state index contributed by atoms with van der Waals surface area (Å²) in [5.74, 6) is 0.183. The van der Waals surface area contributed by atoms with Crippen molar-refractivity contribution in [2.24, 2.45) is 17.8 Å². The van der Waals surface area contributed by atoms with Crippen LogP contribution in [0.5, 0.6) is 0 Å². The zero-order valence-corrected chi connectivity index (χ0v) is 70.3. The maximum Gasteiger partial charge on any atom is 0.472 e. The molecule has 0 rings (SSSR count). The van der Waals surface area contributed by atoms with Gasteiger partial charge in [0.2, 0.25) is 0 Å². The molecule has 19 heteroatoms. The van der Waals surface area contributed by atoms with Gasteiger partial charge in [-0.25, -0.2) is 9.13 Å². The van der Waals surface area contributed by atoms with Crippen molar-refractivity contribution in [2.75, 3.05) is 39.6 Å². The average molecular weight is 1520 g/mol. The maximum atomic E-state index is 13.1. The van der Waals surface area contributed by atoms with Gasteiger partial charge in [-0.1, -0.05) is 395 Å². The topological polar surface area (TPSA) is 237 Å². The average Bonchev–Trinajstić information content (AvgIpc) is 0.910. The summed E-state index contributed by atoms with van der Waals surface area (Å²) >= 11 is 0. The number of hydrogen-bond donors (Lipinski definition) is 3. The molecule has 0 spiro atoms. The zero-order valence-electron chi connectivity index (χ0n) is 68.5. The van der Waals surface area contributed by atoms with Crippen molar-refractivity contribution in [1.29, 1.82) is 0 Å². The molecule has 0 fully saturated rings. The Hall–Kier alpha value is -1.94. The number of hydrogen-bond acceptors (Lipinski definition) is 15. The van der Waals surface area contributed by atoms with E-state index in [0.29, 0.717) is 31.6 Å². The Morgan fingerprint density at radius 2 is 0.490 bits per heavy atom. The van der Waals surface area contributed by atoms with Crippen LogP contribution in [0, 0.1) is 17.8 Å². The van der Waals surface area contributed by atoms with Gasteiger partial charge in [0.15, 0.2) is 12.2 Å². The van der Waals surface area contributed by atoms with Gasteiger partial charge in [-0.2, -0.15) is 0 Å². The number of phosphoric ester groups is 2. The highest BCUT2D eigenvalue weighted by molar-refractivity contribution is 7.47. The van der Waals surface area contributed by atoms with Gasteiger partial charge in [0.25, 0.3) is 0 Å². The molecule has 3 unspecified atom stereocenters. The minimum absolute atomic E-state index is 0.104. The van der Waals surface area contributed by atoms with Crippen molar-refractivity contribution in [3.05, 3.63) is 0 Å². The minimum atomic E-state index is -4.97. The summed E-state index contributed by atoms with van der Waals surface area (Å²) in [5, 5.41) is 10.7. The van der Waals surface area contributed by atoms with Gasteiger partial charge in [-0.3, -0.25) is 37.3 Å². The number of carbonyl (C=O) groups excluding carboxylic acids is 4. The highest BCUT2D eigenvalue weighted by Gasteiger charge is 2.30. The molecule has 104 heavy (non-hydrogen) atoms. The van der Waals surface area contributed by atoms with Crippen molar-refractivity contribution in [3.8, 4) is 0 Å². The van der Waals surface area contributed by atoms with Crippen LogP contribution in [0.4, 0.5) is 0 Å². The van der Waals surface area contributed by atoms with Gasteiger partial charge in [0.05, 0.1) is 26.4 Å². The van der Waals surface area contributed by atoms with E-state index in [1.807, 2.05) is 0 Å². The molecule has 0 saturated carbocycles. The molecule has 0 aromatic carbocycles. The standard InChI is InChI=1S/C85H166O17P2/c1-8-10-11-12-13-14-15-16-17-18-19-20-21-25-28-31-34-37-45-52-59-66-82(87)95-72-80(101-84(89)68-61-54-46-38-35-32-29-26-23-22-24-27-30-33-36-44-51-58-65-78(7)9-2)74-99-103(91,92)97-70-79(86)71-98-104(93,94)100-75-81(73-96-83(88)67-60-53-48-41-43-50-57-64-77(5)6)102-85(90)69-62-55-47-40-39-42-49-56-63-76(3)4/h76-81,86H,8-75H2,1-7H3,(H,91,92)(H,93,94)/t78?,79-,80-,81-/m1/s1. The molecule has 0 amide bonds. The van der Waals surface area contributed by atoms with E-state index < -0.39 is 97.5 Å². The Balaban J connectivity index is 5.18. The second-order valence-electron chi connectivity index (χ2n) is 31.8. The SMILES string of the molecule is CCCCCCCCCCCCCCCCCCCCCCCC(=O)OC[C@H](COP(=O)(O)OC[C@@H](O)COP(=O)(O)OC[C@@H](COC(=O)CCCCCCCCCC(C)C)OC(=O)CCCCCCCCCCC(C)C)OC(=O)CCCCCCCCCCCCCCCCCCCCC(C)CC. The van der Waals surface area contributed by atoms with E-state index in [1.54, 1.807) is 0 Å². The molecule has 0 aliphatic rings. The van der Waals surface area contributed by atoms with Crippen LogP contribution in [0.1, 0.15) is 447 Å². The molecule has 0 radical (unpaired) electrons. The monoisotopic (exact) mass is 1520 g/mol. The third kappa shape index (κ3) is 76.8. The van der Waals surface area contributed by atoms with E-state index in [4.69, 9.17) is 37.0 Å².